The van der Waals surface area contributed by atoms with Crippen LogP contribution in [0.1, 0.15) is 63.1 Å². The summed E-state index contributed by atoms with van der Waals surface area (Å²) in [6.45, 7) is 9.97. The first kappa shape index (κ1) is 55.2. The molecule has 3 aromatic carbocycles. The molecule has 0 radical (unpaired) electrons. The first-order valence-electron chi connectivity index (χ1n) is 24.3. The normalized spacial score (nSPS) is 14.4. The zero-order chi connectivity index (χ0) is 50.1. The van der Waals surface area contributed by atoms with Crippen LogP contribution in [0.5, 0.6) is 0 Å². The summed E-state index contributed by atoms with van der Waals surface area (Å²) in [4.78, 5) is 50.6. The number of pyridine rings is 1. The number of ether oxygens (including phenoxy) is 5. The van der Waals surface area contributed by atoms with Crippen LogP contribution in [-0.2, 0) is 47.0 Å². The Morgan fingerprint density at radius 1 is 0.676 bits per heavy atom. The van der Waals surface area contributed by atoms with Crippen molar-refractivity contribution in [2.24, 2.45) is 0 Å². The van der Waals surface area contributed by atoms with Gasteiger partial charge < -0.3 is 49.2 Å². The van der Waals surface area contributed by atoms with Gasteiger partial charge in [0, 0.05) is 92.4 Å². The van der Waals surface area contributed by atoms with Gasteiger partial charge in [-0.2, -0.15) is 24.9 Å². The van der Waals surface area contributed by atoms with Gasteiger partial charge in [0.1, 0.15) is 0 Å². The summed E-state index contributed by atoms with van der Waals surface area (Å²) in [5.41, 5.74) is 3.86. The third-order valence-corrected chi connectivity index (χ3v) is 12.9. The number of anilines is 2. The van der Waals surface area contributed by atoms with Crippen LogP contribution in [0.4, 0.5) is 24.5 Å². The van der Waals surface area contributed by atoms with Crippen molar-refractivity contribution in [3.63, 3.8) is 0 Å². The number of hydrogen-bond donors (Lipinski definition) is 3. The molecule has 2 fully saturated rings. The number of nitrogens with one attached hydrogen (secondary N) is 2. The van der Waals surface area contributed by atoms with Gasteiger partial charge in [-0.3, -0.25) is 24.3 Å². The highest BCUT2D eigenvalue weighted by Gasteiger charge is 2.30. The number of aliphatic hydroxyl groups is 1. The minimum atomic E-state index is -4.49. The lowest BCUT2D eigenvalue weighted by atomic mass is 10.0. The standard InChI is InChI=1S/C52H67F3N6O9S/c53-52(54,55)44-9-5-6-40(35-44)38-57-50(64)43-12-14-56-48(36-43)46-37-45(60-15-2-1-3-16-60)10-11-47(46)58-51(65)42-8-4-7-41(34-42)39-71-33-32-70-31-30-69-29-28-68-27-26-66-23-13-49(63)61-19-17-59(18-20-61)21-24-67-25-22-62/h4-12,14,34-37,62H,1-3,13,15-33,38-39H2,(H,57,64)(H,58,65). The Morgan fingerprint density at radius 3 is 2.08 bits per heavy atom. The molecule has 4 aromatic rings. The third kappa shape index (κ3) is 19.1. The number of aromatic nitrogens is 1. The molecule has 19 heteroatoms. The molecule has 3 heterocycles. The molecule has 0 spiro atoms. The summed E-state index contributed by atoms with van der Waals surface area (Å²) in [7, 11) is 0. The highest BCUT2D eigenvalue weighted by atomic mass is 32.2. The van der Waals surface area contributed by atoms with Crippen LogP contribution in [0.15, 0.2) is 85.1 Å². The van der Waals surface area contributed by atoms with Crippen LogP contribution >= 0.6 is 11.8 Å². The number of piperidine rings is 1. The molecule has 1 aromatic heterocycles. The molecular weight excluding hydrogens is 942 g/mol. The number of amides is 3. The molecule has 15 nitrogen and oxygen atoms in total. The van der Waals surface area contributed by atoms with Gasteiger partial charge >= 0.3 is 6.18 Å². The average molecular weight is 1010 g/mol. The lowest BCUT2D eigenvalue weighted by Gasteiger charge is -2.34. The Balaban J connectivity index is 0.864. The average Bonchev–Trinajstić information content (AvgIpc) is 3.39. The van der Waals surface area contributed by atoms with Gasteiger partial charge in [-0.05, 0) is 85.0 Å². The fourth-order valence-corrected chi connectivity index (χ4v) is 8.82. The van der Waals surface area contributed by atoms with Gasteiger partial charge in [-0.1, -0.05) is 24.3 Å². The maximum absolute atomic E-state index is 13.8. The molecule has 0 atom stereocenters. The van der Waals surface area contributed by atoms with Gasteiger partial charge in [0.2, 0.25) is 5.91 Å². The van der Waals surface area contributed by atoms with E-state index in [-0.39, 0.29) is 30.5 Å². The Hall–Kier alpha value is -5.12. The molecule has 71 heavy (non-hydrogen) atoms. The second-order valence-electron chi connectivity index (χ2n) is 17.1. The van der Waals surface area contributed by atoms with E-state index in [4.69, 9.17) is 28.8 Å². The minimum Gasteiger partial charge on any atom is -0.394 e. The lowest BCUT2D eigenvalue weighted by molar-refractivity contribution is -0.137. The van der Waals surface area contributed by atoms with Crippen LogP contribution in [-0.4, -0.2) is 162 Å². The number of carbonyl (C=O) groups is 3. The number of alkyl halides is 3. The van der Waals surface area contributed by atoms with Crippen molar-refractivity contribution in [1.82, 2.24) is 20.1 Å². The Labute approximate surface area is 418 Å². The van der Waals surface area contributed by atoms with Crippen molar-refractivity contribution < 1.29 is 56.3 Å². The number of benzene rings is 3. The molecular formula is C52H67F3N6O9S. The van der Waals surface area contributed by atoms with Crippen molar-refractivity contribution in [3.05, 3.63) is 113 Å². The predicted octanol–water partition coefficient (Wildman–Crippen LogP) is 6.78. The van der Waals surface area contributed by atoms with E-state index in [1.165, 1.54) is 18.3 Å². The summed E-state index contributed by atoms with van der Waals surface area (Å²) in [6, 6.07) is 21.3. The number of carbonyl (C=O) groups excluding carboxylic acids is 3. The molecule has 2 aliphatic rings. The monoisotopic (exact) mass is 1010 g/mol. The Kier molecular flexibility index (Phi) is 23.4. The number of hydrogen-bond acceptors (Lipinski definition) is 13. The van der Waals surface area contributed by atoms with Crippen molar-refractivity contribution >= 4 is 40.9 Å². The van der Waals surface area contributed by atoms with Gasteiger partial charge in [0.25, 0.3) is 11.8 Å². The van der Waals surface area contributed by atoms with Gasteiger partial charge in [-0.25, -0.2) is 0 Å². The summed E-state index contributed by atoms with van der Waals surface area (Å²) >= 11 is 1.70. The van der Waals surface area contributed by atoms with Crippen LogP contribution in [0, 0.1) is 0 Å². The number of halogens is 3. The van der Waals surface area contributed by atoms with E-state index in [0.717, 1.165) is 81.1 Å². The van der Waals surface area contributed by atoms with Crippen molar-refractivity contribution in [1.29, 1.82) is 0 Å². The predicted molar refractivity (Wildman–Crippen MR) is 268 cm³/mol. The van der Waals surface area contributed by atoms with Crippen LogP contribution in [0.2, 0.25) is 0 Å². The Bertz CT molecular complexity index is 2260. The first-order valence-corrected chi connectivity index (χ1v) is 25.5. The number of aliphatic hydroxyl groups excluding tert-OH is 1. The number of nitrogens with zero attached hydrogens (tertiary/aromatic N) is 4. The summed E-state index contributed by atoms with van der Waals surface area (Å²) in [5.74, 6) is 0.762. The highest BCUT2D eigenvalue weighted by Crippen LogP contribution is 2.34. The molecule has 2 saturated heterocycles. The van der Waals surface area contributed by atoms with Crippen molar-refractivity contribution in [2.75, 3.05) is 134 Å². The largest absolute Gasteiger partial charge is 0.416 e. The van der Waals surface area contributed by atoms with Crippen LogP contribution in [0.25, 0.3) is 11.3 Å². The molecule has 6 rings (SSSR count). The van der Waals surface area contributed by atoms with E-state index >= 15 is 0 Å². The Morgan fingerprint density at radius 2 is 1.35 bits per heavy atom. The highest BCUT2D eigenvalue weighted by molar-refractivity contribution is 7.98. The first-order chi connectivity index (χ1) is 34.6. The zero-order valence-corrected chi connectivity index (χ0v) is 41.1. The minimum absolute atomic E-state index is 0.0252. The summed E-state index contributed by atoms with van der Waals surface area (Å²) < 4.78 is 67.7. The van der Waals surface area contributed by atoms with Crippen LogP contribution < -0.4 is 15.5 Å². The van der Waals surface area contributed by atoms with E-state index in [1.54, 1.807) is 30.0 Å². The molecule has 0 saturated carbocycles. The number of thioether (sulfide) groups is 1. The molecule has 2 aliphatic heterocycles. The summed E-state index contributed by atoms with van der Waals surface area (Å²) in [6.07, 6.45) is 0.657. The molecule has 0 unspecified atom stereocenters. The molecule has 386 valence electrons. The van der Waals surface area contributed by atoms with Gasteiger partial charge in [-0.15, -0.1) is 0 Å². The molecule has 0 bridgehead atoms. The fourth-order valence-electron chi connectivity index (χ4n) is 8.03. The van der Waals surface area contributed by atoms with E-state index in [2.05, 4.69) is 25.4 Å². The van der Waals surface area contributed by atoms with E-state index in [9.17, 15) is 27.6 Å². The van der Waals surface area contributed by atoms with Gasteiger partial charge in [0.15, 0.2) is 0 Å². The maximum atomic E-state index is 13.8. The second-order valence-corrected chi connectivity index (χ2v) is 18.2. The van der Waals surface area contributed by atoms with Crippen molar-refractivity contribution in [3.8, 4) is 11.3 Å². The number of piperazine rings is 1. The second kappa shape index (κ2) is 30.0. The number of rotatable bonds is 29. The lowest BCUT2D eigenvalue weighted by Crippen LogP contribution is -2.49. The van der Waals surface area contributed by atoms with Crippen molar-refractivity contribution in [2.45, 2.75) is 44.2 Å². The topological polar surface area (TPSA) is 164 Å². The van der Waals surface area contributed by atoms with E-state index in [1.807, 2.05) is 41.3 Å². The third-order valence-electron chi connectivity index (χ3n) is 11.9. The SMILES string of the molecule is O=C(NCc1cccc(C(F)(F)F)c1)c1ccnc(-c2cc(N3CCCCC3)ccc2NC(=O)c2cccc(CSCCOCCOCCOCCOCCC(=O)N3CCN(CCOCCO)CC3)c2)c1. The zero-order valence-electron chi connectivity index (χ0n) is 40.3. The molecule has 3 amide bonds. The molecule has 0 aliphatic carbocycles. The quantitative estimate of drug-likeness (QED) is 0.0489. The van der Waals surface area contributed by atoms with Crippen LogP contribution in [0.3, 0.4) is 0 Å². The van der Waals surface area contributed by atoms with E-state index in [0.29, 0.717) is 119 Å². The summed E-state index contributed by atoms with van der Waals surface area (Å²) in [5, 5.41) is 14.6. The maximum Gasteiger partial charge on any atom is 0.416 e. The fraction of sp³-hybridized carbons (Fsp3) is 0.500. The van der Waals surface area contributed by atoms with Gasteiger partial charge in [0.05, 0.1) is 96.0 Å². The molecule has 3 N–H and O–H groups in total. The van der Waals surface area contributed by atoms with E-state index < -0.39 is 17.6 Å². The smallest absolute Gasteiger partial charge is 0.394 e.